The fourth-order valence-electron chi connectivity index (χ4n) is 2.20. The number of nitrogens with zero attached hydrogens (tertiary/aromatic N) is 1. The Morgan fingerprint density at radius 3 is 2.36 bits per heavy atom. The molecule has 0 aliphatic heterocycles. The Kier molecular flexibility index (Phi) is 7.01. The van der Waals surface area contributed by atoms with E-state index >= 15 is 0 Å². The molecule has 25 heavy (non-hydrogen) atoms. The van der Waals surface area contributed by atoms with Crippen molar-refractivity contribution in [1.82, 2.24) is 5.32 Å². The van der Waals surface area contributed by atoms with Crippen molar-refractivity contribution in [2.75, 3.05) is 23.9 Å². The molecule has 0 spiro atoms. The molecule has 0 saturated carbocycles. The van der Waals surface area contributed by atoms with E-state index in [4.69, 9.17) is 0 Å². The summed E-state index contributed by atoms with van der Waals surface area (Å²) in [6.45, 7) is 3.15. The summed E-state index contributed by atoms with van der Waals surface area (Å²) in [4.78, 5) is 4.60. The molecule has 0 unspecified atom stereocenters. The lowest BCUT2D eigenvalue weighted by Crippen LogP contribution is -2.32. The van der Waals surface area contributed by atoms with E-state index in [-0.39, 0.29) is 5.75 Å². The molecular weight excluding hydrogens is 334 g/mol. The van der Waals surface area contributed by atoms with Crippen LogP contribution in [-0.4, -0.2) is 32.9 Å². The van der Waals surface area contributed by atoms with Crippen LogP contribution in [0.2, 0.25) is 0 Å². The van der Waals surface area contributed by atoms with Crippen LogP contribution in [0.25, 0.3) is 0 Å². The molecule has 6 heteroatoms. The number of hydrogen-bond donors (Lipinski definition) is 2. The number of aryl methyl sites for hydroxylation is 1. The van der Waals surface area contributed by atoms with Crippen molar-refractivity contribution < 1.29 is 8.42 Å². The maximum absolute atomic E-state index is 11.2. The molecule has 0 atom stereocenters. The minimum atomic E-state index is -2.94. The summed E-state index contributed by atoms with van der Waals surface area (Å²) < 4.78 is 22.5. The quantitative estimate of drug-likeness (QED) is 0.453. The van der Waals surface area contributed by atoms with Gasteiger partial charge in [0.1, 0.15) is 9.84 Å². The zero-order chi connectivity index (χ0) is 18.1. The highest BCUT2D eigenvalue weighted by atomic mass is 32.2. The molecule has 0 radical (unpaired) electrons. The minimum Gasteiger partial charge on any atom is -0.356 e. The Morgan fingerprint density at radius 1 is 1.04 bits per heavy atom. The van der Waals surface area contributed by atoms with Crippen LogP contribution in [0.1, 0.15) is 17.5 Å². The van der Waals surface area contributed by atoms with Gasteiger partial charge in [-0.25, -0.2) is 13.4 Å². The van der Waals surface area contributed by atoms with Crippen LogP contribution in [0.15, 0.2) is 59.6 Å². The molecule has 134 valence electrons. The Labute approximate surface area is 150 Å². The van der Waals surface area contributed by atoms with Crippen LogP contribution in [0.3, 0.4) is 0 Å². The van der Waals surface area contributed by atoms with Crippen LogP contribution < -0.4 is 10.6 Å². The lowest BCUT2D eigenvalue weighted by Gasteiger charge is -2.12. The lowest BCUT2D eigenvalue weighted by atomic mass is 10.1. The predicted molar refractivity (Wildman–Crippen MR) is 105 cm³/mol. The second-order valence-electron chi connectivity index (χ2n) is 6.05. The molecule has 0 heterocycles. The number of guanidine groups is 1. The highest BCUT2D eigenvalue weighted by Crippen LogP contribution is 2.07. The Morgan fingerprint density at radius 2 is 1.72 bits per heavy atom. The van der Waals surface area contributed by atoms with E-state index in [0.29, 0.717) is 25.5 Å². The van der Waals surface area contributed by atoms with Gasteiger partial charge in [-0.15, -0.1) is 0 Å². The van der Waals surface area contributed by atoms with Gasteiger partial charge in [0.15, 0.2) is 5.96 Å². The summed E-state index contributed by atoms with van der Waals surface area (Å²) in [7, 11) is -2.94. The number of para-hydroxylation sites is 1. The van der Waals surface area contributed by atoms with Gasteiger partial charge in [-0.05, 0) is 31.0 Å². The van der Waals surface area contributed by atoms with Gasteiger partial charge in [-0.1, -0.05) is 48.0 Å². The van der Waals surface area contributed by atoms with E-state index in [1.807, 2.05) is 30.3 Å². The van der Waals surface area contributed by atoms with E-state index in [1.54, 1.807) is 0 Å². The van der Waals surface area contributed by atoms with Crippen molar-refractivity contribution in [3.63, 3.8) is 0 Å². The van der Waals surface area contributed by atoms with Crippen LogP contribution in [0.5, 0.6) is 0 Å². The second-order valence-corrected chi connectivity index (χ2v) is 8.31. The van der Waals surface area contributed by atoms with Gasteiger partial charge in [0.25, 0.3) is 0 Å². The summed E-state index contributed by atoms with van der Waals surface area (Å²) in [6, 6.07) is 18.0. The van der Waals surface area contributed by atoms with Crippen molar-refractivity contribution in [3.05, 3.63) is 65.7 Å². The third-order valence-electron chi connectivity index (χ3n) is 3.56. The third kappa shape index (κ3) is 7.85. The maximum Gasteiger partial charge on any atom is 0.196 e. The monoisotopic (exact) mass is 359 g/mol. The molecule has 2 rings (SSSR count). The smallest absolute Gasteiger partial charge is 0.196 e. The third-order valence-corrected chi connectivity index (χ3v) is 4.59. The first kappa shape index (κ1) is 19.0. The number of benzene rings is 2. The number of rotatable bonds is 7. The molecule has 0 saturated heterocycles. The standard InChI is InChI=1S/C19H25N3O2S/c1-16-9-11-17(12-10-16)15-21-19(20-13-6-14-25(2,23)24)22-18-7-4-3-5-8-18/h3-5,7-12H,6,13-15H2,1-2H3,(H2,20,21,22). The van der Waals surface area contributed by atoms with E-state index in [9.17, 15) is 8.42 Å². The minimum absolute atomic E-state index is 0.163. The first-order chi connectivity index (χ1) is 11.9. The van der Waals surface area contributed by atoms with Crippen molar-refractivity contribution in [1.29, 1.82) is 0 Å². The molecule has 0 bridgehead atoms. The Bertz CT molecular complexity index is 785. The lowest BCUT2D eigenvalue weighted by molar-refractivity contribution is 0.598. The summed E-state index contributed by atoms with van der Waals surface area (Å²) in [6.07, 6.45) is 1.79. The molecule has 0 aliphatic carbocycles. The fourth-order valence-corrected chi connectivity index (χ4v) is 2.87. The van der Waals surface area contributed by atoms with Crippen molar-refractivity contribution in [2.24, 2.45) is 4.99 Å². The van der Waals surface area contributed by atoms with E-state index in [1.165, 1.54) is 11.8 Å². The molecule has 2 aromatic carbocycles. The van der Waals surface area contributed by atoms with Crippen molar-refractivity contribution >= 4 is 21.5 Å². The largest absolute Gasteiger partial charge is 0.356 e. The molecule has 0 fully saturated rings. The summed E-state index contributed by atoms with van der Waals surface area (Å²) in [5, 5.41) is 6.44. The number of aliphatic imine (C=N–C) groups is 1. The topological polar surface area (TPSA) is 70.6 Å². The van der Waals surface area contributed by atoms with Gasteiger partial charge in [-0.3, -0.25) is 0 Å². The zero-order valence-electron chi connectivity index (χ0n) is 14.7. The molecule has 0 amide bonds. The SMILES string of the molecule is Cc1ccc(CN=C(NCCCS(C)(=O)=O)Nc2ccccc2)cc1. The normalized spacial score (nSPS) is 12.0. The first-order valence-electron chi connectivity index (χ1n) is 8.26. The number of sulfone groups is 1. The first-order valence-corrected chi connectivity index (χ1v) is 10.3. The predicted octanol–water partition coefficient (Wildman–Crippen LogP) is 2.99. The number of anilines is 1. The zero-order valence-corrected chi connectivity index (χ0v) is 15.5. The average Bonchev–Trinajstić information content (AvgIpc) is 2.58. The van der Waals surface area contributed by atoms with Crippen LogP contribution in [0, 0.1) is 6.92 Å². The summed E-state index contributed by atoms with van der Waals surface area (Å²) >= 11 is 0. The fraction of sp³-hybridized carbons (Fsp3) is 0.316. The van der Waals surface area contributed by atoms with Gasteiger partial charge >= 0.3 is 0 Å². The van der Waals surface area contributed by atoms with E-state index < -0.39 is 9.84 Å². The number of nitrogens with one attached hydrogen (secondary N) is 2. The highest BCUT2D eigenvalue weighted by molar-refractivity contribution is 7.90. The molecule has 5 nitrogen and oxygen atoms in total. The molecular formula is C19H25N3O2S. The summed E-state index contributed by atoms with van der Waals surface area (Å²) in [5.74, 6) is 0.802. The van der Waals surface area contributed by atoms with Gasteiger partial charge < -0.3 is 10.6 Å². The Hall–Kier alpha value is -2.34. The molecule has 0 aliphatic rings. The van der Waals surface area contributed by atoms with Gasteiger partial charge in [0.05, 0.1) is 12.3 Å². The summed E-state index contributed by atoms with van der Waals surface area (Å²) in [5.41, 5.74) is 3.27. The second kappa shape index (κ2) is 9.22. The maximum atomic E-state index is 11.2. The van der Waals surface area contributed by atoms with Gasteiger partial charge in [0, 0.05) is 18.5 Å². The van der Waals surface area contributed by atoms with Crippen molar-refractivity contribution in [2.45, 2.75) is 19.9 Å². The van der Waals surface area contributed by atoms with Crippen LogP contribution >= 0.6 is 0 Å². The average molecular weight is 359 g/mol. The number of hydrogen-bond acceptors (Lipinski definition) is 3. The van der Waals surface area contributed by atoms with E-state index in [2.05, 4.69) is 46.8 Å². The van der Waals surface area contributed by atoms with Crippen molar-refractivity contribution in [3.8, 4) is 0 Å². The molecule has 2 N–H and O–H groups in total. The van der Waals surface area contributed by atoms with Crippen LogP contribution in [-0.2, 0) is 16.4 Å². The van der Waals surface area contributed by atoms with Crippen LogP contribution in [0.4, 0.5) is 5.69 Å². The molecule has 2 aromatic rings. The van der Waals surface area contributed by atoms with Gasteiger partial charge in [0.2, 0.25) is 0 Å². The van der Waals surface area contributed by atoms with E-state index in [0.717, 1.165) is 11.3 Å². The highest BCUT2D eigenvalue weighted by Gasteiger charge is 2.04. The molecule has 0 aromatic heterocycles. The Balaban J connectivity index is 1.99. The van der Waals surface area contributed by atoms with Gasteiger partial charge in [-0.2, -0.15) is 0 Å².